The lowest BCUT2D eigenvalue weighted by Gasteiger charge is -2.18. The Bertz CT molecular complexity index is 1010. The van der Waals surface area contributed by atoms with Crippen molar-refractivity contribution in [1.82, 2.24) is 9.97 Å². The highest BCUT2D eigenvalue weighted by Crippen LogP contribution is 2.16. The van der Waals surface area contributed by atoms with Gasteiger partial charge >= 0.3 is 11.4 Å². The molecule has 3 aromatic rings. The van der Waals surface area contributed by atoms with Crippen molar-refractivity contribution in [2.24, 2.45) is 0 Å². The van der Waals surface area contributed by atoms with E-state index in [2.05, 4.69) is 39.2 Å². The number of benzene rings is 1. The first-order chi connectivity index (χ1) is 13.4. The van der Waals surface area contributed by atoms with Crippen molar-refractivity contribution in [3.05, 3.63) is 101 Å². The third kappa shape index (κ3) is 4.08. The highest BCUT2D eigenvalue weighted by atomic mass is 28.3. The van der Waals surface area contributed by atoms with Gasteiger partial charge in [-0.15, -0.1) is 0 Å². The Morgan fingerprint density at radius 3 is 1.39 bits per heavy atom. The van der Waals surface area contributed by atoms with Crippen LogP contribution in [0, 0.1) is 0 Å². The Morgan fingerprint density at radius 1 is 0.679 bits per heavy atom. The van der Waals surface area contributed by atoms with Gasteiger partial charge in [-0.3, -0.25) is 9.97 Å². The molecule has 138 valence electrons. The molecule has 0 fully saturated rings. The van der Waals surface area contributed by atoms with Crippen molar-refractivity contribution in [1.29, 1.82) is 0 Å². The van der Waals surface area contributed by atoms with Crippen LogP contribution < -0.4 is 5.19 Å². The number of hydrogen-bond acceptors (Lipinski definition) is 2. The minimum absolute atomic E-state index is 0.441. The summed E-state index contributed by atoms with van der Waals surface area (Å²) in [5.74, 6) is 0. The molecule has 0 N–H and O–H groups in total. The van der Waals surface area contributed by atoms with E-state index in [9.17, 15) is 11.1 Å². The monoisotopic (exact) mass is 384 g/mol. The van der Waals surface area contributed by atoms with Crippen LogP contribution in [0.15, 0.2) is 67.3 Å². The average Bonchev–Trinajstić information content (AvgIpc) is 2.70. The lowest BCUT2D eigenvalue weighted by Crippen LogP contribution is -2.38. The molecular formula is C21H20N6Si. The van der Waals surface area contributed by atoms with E-state index in [1.165, 1.54) is 0 Å². The quantitative estimate of drug-likeness (QED) is 0.292. The molecule has 28 heavy (non-hydrogen) atoms. The van der Waals surface area contributed by atoms with Crippen LogP contribution in [0.1, 0.15) is 22.3 Å². The first-order valence-electron chi connectivity index (χ1n) is 8.85. The van der Waals surface area contributed by atoms with Gasteiger partial charge in [0.25, 0.3) is 0 Å². The third-order valence-electron chi connectivity index (χ3n) is 4.45. The largest absolute Gasteiger partial charge is 0.361 e. The smallest absolute Gasteiger partial charge is 0.329 e. The lowest BCUT2D eigenvalue weighted by molar-refractivity contribution is -0.00289. The van der Waals surface area contributed by atoms with Gasteiger partial charge in [0.1, 0.15) is 0 Å². The van der Waals surface area contributed by atoms with Crippen molar-refractivity contribution in [2.45, 2.75) is 19.6 Å². The van der Waals surface area contributed by atoms with E-state index in [1.54, 1.807) is 49.1 Å². The van der Waals surface area contributed by atoms with Gasteiger partial charge in [-0.25, -0.2) is 0 Å². The molecule has 2 heterocycles. The highest BCUT2D eigenvalue weighted by Gasteiger charge is 2.26. The third-order valence-corrected chi connectivity index (χ3v) is 6.47. The predicted molar refractivity (Wildman–Crippen MR) is 112 cm³/mol. The van der Waals surface area contributed by atoms with E-state index in [4.69, 9.17) is 0 Å². The number of nitrogens with zero attached hydrogens (tertiary/aromatic N) is 6. The number of rotatable bonds is 5. The molecule has 7 heteroatoms. The van der Waals surface area contributed by atoms with Crippen LogP contribution in [0.2, 0.25) is 19.6 Å². The zero-order valence-corrected chi connectivity index (χ0v) is 17.0. The summed E-state index contributed by atoms with van der Waals surface area (Å²) in [5.41, 5.74) is 23.3. The van der Waals surface area contributed by atoms with Gasteiger partial charge in [-0.1, -0.05) is 24.8 Å². The van der Waals surface area contributed by atoms with Crippen LogP contribution in [0.25, 0.3) is 11.1 Å². The fraction of sp³-hybridized carbons (Fsp3) is 0.143. The van der Waals surface area contributed by atoms with E-state index < -0.39 is 8.07 Å². The summed E-state index contributed by atoms with van der Waals surface area (Å²) in [5, 5.41) is 1.16. The minimum atomic E-state index is -1.71. The zero-order valence-electron chi connectivity index (χ0n) is 16.0. The molecule has 0 unspecified atom stereocenters. The highest BCUT2D eigenvalue weighted by molar-refractivity contribution is 6.88. The molecule has 0 aliphatic carbocycles. The Hall–Kier alpha value is -3.50. The van der Waals surface area contributed by atoms with E-state index in [1.807, 2.05) is 18.2 Å². The number of aromatic nitrogens is 2. The van der Waals surface area contributed by atoms with Gasteiger partial charge in [-0.2, -0.15) is 9.58 Å². The molecule has 0 radical (unpaired) electrons. The zero-order chi connectivity index (χ0) is 20.1. The molecule has 0 spiro atoms. The van der Waals surface area contributed by atoms with E-state index in [0.717, 1.165) is 27.4 Å². The maximum atomic E-state index is 9.72. The molecular weight excluding hydrogens is 364 g/mol. The van der Waals surface area contributed by atoms with Gasteiger partial charge in [0.05, 0.1) is 30.3 Å². The normalized spacial score (nSPS) is 10.7. The summed E-state index contributed by atoms with van der Waals surface area (Å²) in [6.07, 6.45) is 6.62. The minimum Gasteiger partial charge on any atom is -0.361 e. The van der Waals surface area contributed by atoms with Crippen LogP contribution in [0.3, 0.4) is 0 Å². The fourth-order valence-electron chi connectivity index (χ4n) is 2.92. The van der Waals surface area contributed by atoms with Crippen molar-refractivity contribution in [2.75, 3.05) is 0 Å². The van der Waals surface area contributed by atoms with Crippen LogP contribution in [0.4, 0.5) is 0 Å². The number of pyridine rings is 2. The van der Waals surface area contributed by atoms with Crippen LogP contribution in [-0.2, 0) is 0 Å². The maximum absolute atomic E-state index is 9.72. The van der Waals surface area contributed by atoms with Crippen molar-refractivity contribution in [3.8, 4) is 0 Å². The molecule has 0 aliphatic rings. The number of hydrogen-bond donors (Lipinski definition) is 0. The van der Waals surface area contributed by atoms with Crippen LogP contribution in [-0.4, -0.2) is 39.0 Å². The summed E-state index contributed by atoms with van der Waals surface area (Å²) < 4.78 is 0. The van der Waals surface area contributed by atoms with Gasteiger partial charge in [-0.05, 0) is 42.5 Å². The maximum Gasteiger partial charge on any atom is 0.329 e. The second-order valence-corrected chi connectivity index (χ2v) is 12.5. The second-order valence-electron chi connectivity index (χ2n) is 7.42. The Kier molecular flexibility index (Phi) is 5.52. The molecule has 0 amide bonds. The first-order valence-corrected chi connectivity index (χ1v) is 12.4. The Labute approximate surface area is 164 Å². The van der Waals surface area contributed by atoms with Gasteiger partial charge in [0.2, 0.25) is 0 Å². The van der Waals surface area contributed by atoms with Gasteiger partial charge in [0, 0.05) is 24.8 Å². The predicted octanol–water partition coefficient (Wildman–Crippen LogP) is 3.16. The Morgan fingerprint density at radius 2 is 1.07 bits per heavy atom. The van der Waals surface area contributed by atoms with Crippen LogP contribution in [0.5, 0.6) is 0 Å². The standard InChI is InChI=1S/C21H20N6Si/c1-28(2,3)19-13-17(20(26-22)15-4-8-24-9-5-15)12-18(14-19)21(27-23)16-6-10-25-11-7-16/h4-14H,1-3H3. The first kappa shape index (κ1) is 19.3. The molecule has 6 nitrogen and oxygen atoms in total. The molecule has 0 aliphatic heterocycles. The molecule has 1 aromatic carbocycles. The SMILES string of the molecule is C[Si](C)(C)c1cc(C(=[N+]=[N-])c2ccncc2)cc(C(=[N+]=[N-])c2ccncc2)c1. The molecule has 0 saturated carbocycles. The molecule has 0 bridgehead atoms. The Balaban J connectivity index is 2.24. The summed E-state index contributed by atoms with van der Waals surface area (Å²) >= 11 is 0. The molecule has 0 saturated heterocycles. The molecule has 0 atom stereocenters. The van der Waals surface area contributed by atoms with Crippen LogP contribution >= 0.6 is 0 Å². The molecule has 2 aromatic heterocycles. The average molecular weight is 385 g/mol. The summed E-state index contributed by atoms with van der Waals surface area (Å²) in [4.78, 5) is 15.1. The van der Waals surface area contributed by atoms with Gasteiger partial charge < -0.3 is 11.1 Å². The van der Waals surface area contributed by atoms with E-state index in [-0.39, 0.29) is 0 Å². The van der Waals surface area contributed by atoms with E-state index in [0.29, 0.717) is 11.4 Å². The second kappa shape index (κ2) is 8.02. The summed E-state index contributed by atoms with van der Waals surface area (Å²) in [7, 11) is -1.71. The van der Waals surface area contributed by atoms with E-state index >= 15 is 0 Å². The van der Waals surface area contributed by atoms with Crippen molar-refractivity contribution in [3.63, 3.8) is 0 Å². The van der Waals surface area contributed by atoms with Gasteiger partial charge in [0.15, 0.2) is 0 Å². The fourth-order valence-corrected chi connectivity index (χ4v) is 4.09. The van der Waals surface area contributed by atoms with Crippen molar-refractivity contribution < 1.29 is 9.58 Å². The summed E-state index contributed by atoms with van der Waals surface area (Å²) in [6.45, 7) is 6.71. The molecule has 3 rings (SSSR count). The van der Waals surface area contributed by atoms with Crippen molar-refractivity contribution >= 4 is 24.7 Å². The topological polar surface area (TPSA) is 98.6 Å². The lowest BCUT2D eigenvalue weighted by atomic mass is 9.97. The summed E-state index contributed by atoms with van der Waals surface area (Å²) in [6, 6.07) is 13.1.